The number of ether oxygens (including phenoxy) is 1. The summed E-state index contributed by atoms with van der Waals surface area (Å²) in [6.07, 6.45) is 9.14. The van der Waals surface area contributed by atoms with Crippen molar-refractivity contribution in [1.82, 2.24) is 0 Å². The van der Waals surface area contributed by atoms with Crippen LogP contribution >= 0.6 is 0 Å². The monoisotopic (exact) mass is 346 g/mol. The summed E-state index contributed by atoms with van der Waals surface area (Å²) >= 11 is 0. The lowest BCUT2D eigenvalue weighted by Crippen LogP contribution is -2.56. The Morgan fingerprint density at radius 2 is 1.80 bits per heavy atom. The van der Waals surface area contributed by atoms with Crippen molar-refractivity contribution in [1.29, 1.82) is 0 Å². The predicted molar refractivity (Wildman–Crippen MR) is 96.0 cm³/mol. The smallest absolute Gasteiger partial charge is 0.165 e. The number of hydrogen-bond donors (Lipinski definition) is 1. The Morgan fingerprint density at radius 3 is 2.52 bits per heavy atom. The second-order valence-electron chi connectivity index (χ2n) is 10.8. The van der Waals surface area contributed by atoms with Crippen LogP contribution in [0.4, 0.5) is 0 Å². The zero-order valence-corrected chi connectivity index (χ0v) is 16.3. The number of rotatable bonds is 1. The normalized spacial score (nSPS) is 62.4. The lowest BCUT2D eigenvalue weighted by Gasteiger charge is -2.61. The molecule has 5 fully saturated rings. The van der Waals surface area contributed by atoms with E-state index in [4.69, 9.17) is 4.74 Å². The maximum Gasteiger partial charge on any atom is 0.165 e. The zero-order chi connectivity index (χ0) is 17.8. The van der Waals surface area contributed by atoms with Gasteiger partial charge in [-0.15, -0.1) is 0 Å². The van der Waals surface area contributed by atoms with E-state index in [-0.39, 0.29) is 22.9 Å². The fourth-order valence-corrected chi connectivity index (χ4v) is 8.85. The minimum Gasteiger partial charge on any atom is -0.393 e. The van der Waals surface area contributed by atoms with Gasteiger partial charge in [-0.25, -0.2) is 0 Å². The van der Waals surface area contributed by atoms with Crippen molar-refractivity contribution in [3.8, 4) is 0 Å². The fraction of sp³-hybridized carbons (Fsp3) is 0.955. The van der Waals surface area contributed by atoms with Crippen LogP contribution in [0.1, 0.15) is 79.1 Å². The van der Waals surface area contributed by atoms with Crippen molar-refractivity contribution < 1.29 is 14.6 Å². The molecule has 0 aromatic carbocycles. The molecule has 1 N–H and O–H groups in total. The van der Waals surface area contributed by atoms with Crippen LogP contribution in [0.5, 0.6) is 0 Å². The van der Waals surface area contributed by atoms with Crippen molar-refractivity contribution in [2.75, 3.05) is 0 Å². The molecule has 25 heavy (non-hydrogen) atoms. The summed E-state index contributed by atoms with van der Waals surface area (Å²) in [7, 11) is 0. The summed E-state index contributed by atoms with van der Waals surface area (Å²) in [5.41, 5.74) is -0.253. The number of fused-ring (bicyclic) bond motifs is 7. The van der Waals surface area contributed by atoms with Gasteiger partial charge in [0.05, 0.1) is 6.10 Å². The standard InChI is InChI=1S/C22H34O3/c1-13(23)22-20(3)10-8-17-16(18(20)12-21(22,4)25-22)6-5-14-11-15(24)7-9-19(14,17)2/h14-18,24H,5-12H2,1-4H3/t14-,15+,16-,17+,18+,19+,20+,21+,22+/m1/s1. The number of epoxide rings is 1. The van der Waals surface area contributed by atoms with Gasteiger partial charge in [0.1, 0.15) is 5.60 Å². The van der Waals surface area contributed by atoms with Gasteiger partial charge in [0.2, 0.25) is 0 Å². The highest BCUT2D eigenvalue weighted by Gasteiger charge is 2.85. The van der Waals surface area contributed by atoms with E-state index in [1.165, 1.54) is 25.7 Å². The van der Waals surface area contributed by atoms with Crippen molar-refractivity contribution in [2.45, 2.75) is 96.4 Å². The van der Waals surface area contributed by atoms with Crippen molar-refractivity contribution in [3.05, 3.63) is 0 Å². The van der Waals surface area contributed by atoms with E-state index in [1.54, 1.807) is 6.92 Å². The minimum absolute atomic E-state index is 0.0339. The van der Waals surface area contributed by atoms with Crippen LogP contribution in [0.2, 0.25) is 0 Å². The van der Waals surface area contributed by atoms with Gasteiger partial charge in [0.15, 0.2) is 11.4 Å². The molecule has 140 valence electrons. The molecule has 0 aromatic rings. The van der Waals surface area contributed by atoms with E-state index in [1.807, 2.05) is 0 Å². The first kappa shape index (κ1) is 16.7. The third kappa shape index (κ3) is 1.74. The number of hydrogen-bond acceptors (Lipinski definition) is 3. The third-order valence-electron chi connectivity index (χ3n) is 10.0. The molecule has 1 saturated heterocycles. The van der Waals surface area contributed by atoms with E-state index in [9.17, 15) is 9.90 Å². The highest BCUT2D eigenvalue weighted by atomic mass is 16.6. The molecule has 5 rings (SSSR count). The molecular formula is C22H34O3. The van der Waals surface area contributed by atoms with Gasteiger partial charge in [-0.1, -0.05) is 13.8 Å². The lowest BCUT2D eigenvalue weighted by molar-refractivity contribution is -0.152. The average Bonchev–Trinajstić information content (AvgIpc) is 3.13. The summed E-state index contributed by atoms with van der Waals surface area (Å²) in [6.45, 7) is 8.84. The number of aliphatic hydroxyl groups excluding tert-OH is 1. The van der Waals surface area contributed by atoms with Gasteiger partial charge in [0.25, 0.3) is 0 Å². The molecular weight excluding hydrogens is 312 g/mol. The average molecular weight is 347 g/mol. The van der Waals surface area contributed by atoms with Crippen molar-refractivity contribution >= 4 is 5.78 Å². The van der Waals surface area contributed by atoms with Crippen LogP contribution in [0.3, 0.4) is 0 Å². The lowest BCUT2D eigenvalue weighted by atomic mass is 9.44. The Labute approximate surface area is 151 Å². The quantitative estimate of drug-likeness (QED) is 0.727. The van der Waals surface area contributed by atoms with Crippen LogP contribution in [0, 0.1) is 34.5 Å². The number of Topliss-reactive ketones (excluding diaryl/α,β-unsaturated/α-hetero) is 1. The van der Waals surface area contributed by atoms with Crippen molar-refractivity contribution in [3.63, 3.8) is 0 Å². The van der Waals surface area contributed by atoms with Gasteiger partial charge < -0.3 is 9.84 Å². The van der Waals surface area contributed by atoms with Crippen LogP contribution in [-0.2, 0) is 9.53 Å². The number of carbonyl (C=O) groups is 1. The molecule has 3 heteroatoms. The van der Waals surface area contributed by atoms with E-state index >= 15 is 0 Å². The summed E-state index contributed by atoms with van der Waals surface area (Å²) in [6, 6.07) is 0. The van der Waals surface area contributed by atoms with E-state index < -0.39 is 5.60 Å². The van der Waals surface area contributed by atoms with Gasteiger partial charge in [-0.2, -0.15) is 0 Å². The highest BCUT2D eigenvalue weighted by molar-refractivity contribution is 5.91. The van der Waals surface area contributed by atoms with Crippen LogP contribution in [0.25, 0.3) is 0 Å². The van der Waals surface area contributed by atoms with E-state index in [0.717, 1.165) is 37.5 Å². The molecule has 0 amide bonds. The predicted octanol–water partition coefficient (Wildman–Crippen LogP) is 4.12. The summed E-state index contributed by atoms with van der Waals surface area (Å²) in [5, 5.41) is 10.2. The van der Waals surface area contributed by atoms with Gasteiger partial charge in [-0.3, -0.25) is 4.79 Å². The van der Waals surface area contributed by atoms with Gasteiger partial charge in [0, 0.05) is 5.41 Å². The third-order valence-corrected chi connectivity index (χ3v) is 10.0. The van der Waals surface area contributed by atoms with Crippen molar-refractivity contribution in [2.24, 2.45) is 34.5 Å². The summed E-state index contributed by atoms with van der Waals surface area (Å²) in [4.78, 5) is 12.6. The Hall–Kier alpha value is -0.410. The van der Waals surface area contributed by atoms with Gasteiger partial charge >= 0.3 is 0 Å². The molecule has 0 aromatic heterocycles. The molecule has 4 aliphatic carbocycles. The molecule has 4 saturated carbocycles. The molecule has 1 heterocycles. The molecule has 0 bridgehead atoms. The second kappa shape index (κ2) is 4.70. The molecule has 1 aliphatic heterocycles. The SMILES string of the molecule is CC(=O)[C@@]12O[C@@]1(C)C[C@H]1[C@@H]3CC[C@@H]4C[C@@H](O)CC[C@]4(C)[C@H]3CC[C@@]12C. The number of aliphatic hydroxyl groups is 1. The van der Waals surface area contributed by atoms with Crippen LogP contribution in [0.15, 0.2) is 0 Å². The Bertz CT molecular complexity index is 631. The molecule has 9 atom stereocenters. The minimum atomic E-state index is -0.490. The molecule has 0 spiro atoms. The maximum absolute atomic E-state index is 12.6. The van der Waals surface area contributed by atoms with E-state index in [0.29, 0.717) is 17.3 Å². The largest absolute Gasteiger partial charge is 0.393 e. The Morgan fingerprint density at radius 1 is 1.04 bits per heavy atom. The molecule has 3 nitrogen and oxygen atoms in total. The second-order valence-corrected chi connectivity index (χ2v) is 10.8. The maximum atomic E-state index is 12.6. The Balaban J connectivity index is 1.49. The zero-order valence-electron chi connectivity index (χ0n) is 16.3. The topological polar surface area (TPSA) is 49.8 Å². The van der Waals surface area contributed by atoms with E-state index in [2.05, 4.69) is 20.8 Å². The fourth-order valence-electron chi connectivity index (χ4n) is 8.85. The first-order valence-electron chi connectivity index (χ1n) is 10.6. The first-order valence-corrected chi connectivity index (χ1v) is 10.6. The highest BCUT2D eigenvalue weighted by Crippen LogP contribution is 2.77. The van der Waals surface area contributed by atoms with Crippen LogP contribution < -0.4 is 0 Å². The summed E-state index contributed by atoms with van der Waals surface area (Å²) in [5.74, 6) is 3.13. The van der Waals surface area contributed by atoms with Gasteiger partial charge in [-0.05, 0) is 94.3 Å². The molecule has 0 unspecified atom stereocenters. The Kier molecular flexibility index (Phi) is 3.15. The van der Waals surface area contributed by atoms with Crippen LogP contribution in [-0.4, -0.2) is 28.2 Å². The molecule has 5 aliphatic rings. The summed E-state index contributed by atoms with van der Waals surface area (Å²) < 4.78 is 6.20. The number of ketones is 1. The first-order chi connectivity index (χ1) is 11.7. The number of carbonyl (C=O) groups excluding carboxylic acids is 1. The molecule has 0 radical (unpaired) electrons.